The van der Waals surface area contributed by atoms with Crippen LogP contribution in [0.25, 0.3) is 6.08 Å². The molecule has 0 aromatic heterocycles. The van der Waals surface area contributed by atoms with Crippen molar-refractivity contribution in [2.75, 3.05) is 13.2 Å². The SMILES string of the molecule is CCOC(=O)/C=C/[C@H]1C(C(=O)OCC)=Cc2ccccc2[C@@H]1c1ccccc1. The average Bonchev–Trinajstić information content (AvgIpc) is 2.72. The summed E-state index contributed by atoms with van der Waals surface area (Å²) in [5.41, 5.74) is 3.71. The summed E-state index contributed by atoms with van der Waals surface area (Å²) in [5.74, 6) is -1.22. The zero-order valence-corrected chi connectivity index (χ0v) is 16.1. The Hall–Kier alpha value is -3.14. The van der Waals surface area contributed by atoms with Gasteiger partial charge in [0.05, 0.1) is 13.2 Å². The third-order valence-corrected chi connectivity index (χ3v) is 4.76. The number of carbonyl (C=O) groups excluding carboxylic acids is 2. The van der Waals surface area contributed by atoms with Crippen LogP contribution in [0, 0.1) is 5.92 Å². The summed E-state index contributed by atoms with van der Waals surface area (Å²) in [4.78, 5) is 24.7. The fourth-order valence-corrected chi connectivity index (χ4v) is 3.61. The molecule has 0 saturated heterocycles. The molecule has 0 unspecified atom stereocenters. The van der Waals surface area contributed by atoms with Crippen molar-refractivity contribution < 1.29 is 19.1 Å². The Labute approximate surface area is 165 Å². The Kier molecular flexibility index (Phi) is 6.43. The molecule has 0 amide bonds. The van der Waals surface area contributed by atoms with Gasteiger partial charge in [-0.3, -0.25) is 0 Å². The summed E-state index contributed by atoms with van der Waals surface area (Å²) >= 11 is 0. The number of benzene rings is 2. The second-order valence-corrected chi connectivity index (χ2v) is 6.47. The number of esters is 2. The molecule has 0 spiro atoms. The number of carbonyl (C=O) groups is 2. The van der Waals surface area contributed by atoms with Crippen molar-refractivity contribution in [1.82, 2.24) is 0 Å². The van der Waals surface area contributed by atoms with Gasteiger partial charge in [0.15, 0.2) is 0 Å². The number of allylic oxidation sites excluding steroid dienone is 1. The number of hydrogen-bond acceptors (Lipinski definition) is 4. The highest BCUT2D eigenvalue weighted by molar-refractivity contribution is 5.96. The molecule has 2 aromatic carbocycles. The third-order valence-electron chi connectivity index (χ3n) is 4.76. The van der Waals surface area contributed by atoms with Crippen LogP contribution in [-0.4, -0.2) is 25.2 Å². The first-order valence-electron chi connectivity index (χ1n) is 9.53. The van der Waals surface area contributed by atoms with Gasteiger partial charge >= 0.3 is 11.9 Å². The van der Waals surface area contributed by atoms with Gasteiger partial charge < -0.3 is 9.47 Å². The van der Waals surface area contributed by atoms with E-state index in [2.05, 4.69) is 6.07 Å². The highest BCUT2D eigenvalue weighted by Gasteiger charge is 2.35. The lowest BCUT2D eigenvalue weighted by Gasteiger charge is -2.32. The van der Waals surface area contributed by atoms with Crippen LogP contribution in [0.3, 0.4) is 0 Å². The average molecular weight is 376 g/mol. The van der Waals surface area contributed by atoms with Crippen LogP contribution in [0.5, 0.6) is 0 Å². The number of ether oxygens (including phenoxy) is 2. The van der Waals surface area contributed by atoms with E-state index in [4.69, 9.17) is 9.47 Å². The van der Waals surface area contributed by atoms with Crippen molar-refractivity contribution in [2.24, 2.45) is 5.92 Å². The normalized spacial score (nSPS) is 18.3. The zero-order chi connectivity index (χ0) is 19.9. The molecule has 0 N–H and O–H groups in total. The van der Waals surface area contributed by atoms with E-state index in [-0.39, 0.29) is 17.8 Å². The molecule has 0 saturated carbocycles. The van der Waals surface area contributed by atoms with Crippen molar-refractivity contribution in [2.45, 2.75) is 19.8 Å². The van der Waals surface area contributed by atoms with Crippen molar-refractivity contribution in [3.8, 4) is 0 Å². The first-order chi connectivity index (χ1) is 13.7. The fraction of sp³-hybridized carbons (Fsp3) is 0.250. The minimum atomic E-state index is -0.420. The van der Waals surface area contributed by atoms with Gasteiger partial charge in [-0.05, 0) is 36.6 Å². The van der Waals surface area contributed by atoms with Crippen LogP contribution in [0.2, 0.25) is 0 Å². The van der Waals surface area contributed by atoms with Gasteiger partial charge in [0.1, 0.15) is 0 Å². The molecule has 0 bridgehead atoms. The minimum absolute atomic E-state index is 0.104. The molecule has 4 heteroatoms. The Morgan fingerprint density at radius 2 is 1.61 bits per heavy atom. The Morgan fingerprint density at radius 3 is 2.32 bits per heavy atom. The number of rotatable bonds is 6. The van der Waals surface area contributed by atoms with Gasteiger partial charge in [0.2, 0.25) is 0 Å². The molecular formula is C24H24O4. The molecular weight excluding hydrogens is 352 g/mol. The van der Waals surface area contributed by atoms with E-state index in [1.807, 2.05) is 54.6 Å². The van der Waals surface area contributed by atoms with E-state index < -0.39 is 5.97 Å². The summed E-state index contributed by atoms with van der Waals surface area (Å²) in [6.07, 6.45) is 5.03. The van der Waals surface area contributed by atoms with Crippen LogP contribution in [0.4, 0.5) is 0 Å². The van der Waals surface area contributed by atoms with E-state index in [0.717, 1.165) is 16.7 Å². The molecule has 28 heavy (non-hydrogen) atoms. The van der Waals surface area contributed by atoms with Gasteiger partial charge in [-0.2, -0.15) is 0 Å². The molecule has 0 aliphatic heterocycles. The Balaban J connectivity index is 2.13. The Bertz CT molecular complexity index is 896. The predicted molar refractivity (Wildman–Crippen MR) is 109 cm³/mol. The van der Waals surface area contributed by atoms with Gasteiger partial charge in [0, 0.05) is 23.5 Å². The molecule has 2 aromatic rings. The molecule has 0 heterocycles. The third kappa shape index (κ3) is 4.22. The number of hydrogen-bond donors (Lipinski definition) is 0. The van der Waals surface area contributed by atoms with Gasteiger partial charge in [0.25, 0.3) is 0 Å². The van der Waals surface area contributed by atoms with Crippen molar-refractivity contribution in [3.63, 3.8) is 0 Å². The first-order valence-corrected chi connectivity index (χ1v) is 9.53. The molecule has 4 nitrogen and oxygen atoms in total. The standard InChI is InChI=1S/C24H24O4/c1-3-27-22(25)15-14-20-21(24(26)28-4-2)16-18-12-8-9-13-19(18)23(20)17-10-6-5-7-11-17/h5-16,20,23H,3-4H2,1-2H3/b15-14+/t20-,23-/m0/s1. The van der Waals surface area contributed by atoms with Crippen molar-refractivity contribution >= 4 is 18.0 Å². The van der Waals surface area contributed by atoms with Crippen LogP contribution in [-0.2, 0) is 19.1 Å². The lowest BCUT2D eigenvalue weighted by molar-refractivity contribution is -0.139. The maximum atomic E-state index is 12.7. The minimum Gasteiger partial charge on any atom is -0.463 e. The highest BCUT2D eigenvalue weighted by atomic mass is 16.5. The van der Waals surface area contributed by atoms with Crippen LogP contribution >= 0.6 is 0 Å². The fourth-order valence-electron chi connectivity index (χ4n) is 3.61. The van der Waals surface area contributed by atoms with E-state index in [1.165, 1.54) is 6.08 Å². The lowest BCUT2D eigenvalue weighted by Crippen LogP contribution is -2.25. The van der Waals surface area contributed by atoms with E-state index in [1.54, 1.807) is 19.9 Å². The van der Waals surface area contributed by atoms with E-state index in [0.29, 0.717) is 18.8 Å². The monoisotopic (exact) mass is 376 g/mol. The largest absolute Gasteiger partial charge is 0.463 e. The summed E-state index contributed by atoms with van der Waals surface area (Å²) in [7, 11) is 0. The molecule has 1 aliphatic carbocycles. The van der Waals surface area contributed by atoms with Crippen LogP contribution in [0.15, 0.2) is 72.3 Å². The second kappa shape index (κ2) is 9.18. The maximum Gasteiger partial charge on any atom is 0.334 e. The topological polar surface area (TPSA) is 52.6 Å². The molecule has 3 rings (SSSR count). The van der Waals surface area contributed by atoms with Gasteiger partial charge in [-0.25, -0.2) is 9.59 Å². The molecule has 1 aliphatic rings. The van der Waals surface area contributed by atoms with Crippen molar-refractivity contribution in [3.05, 3.63) is 89.0 Å². The molecule has 144 valence electrons. The van der Waals surface area contributed by atoms with Gasteiger partial charge in [-0.15, -0.1) is 0 Å². The van der Waals surface area contributed by atoms with Crippen LogP contribution in [0.1, 0.15) is 36.5 Å². The smallest absolute Gasteiger partial charge is 0.334 e. The lowest BCUT2D eigenvalue weighted by atomic mass is 9.71. The summed E-state index contributed by atoms with van der Waals surface area (Å²) < 4.78 is 10.3. The zero-order valence-electron chi connectivity index (χ0n) is 16.1. The number of fused-ring (bicyclic) bond motifs is 1. The van der Waals surface area contributed by atoms with Crippen LogP contribution < -0.4 is 0 Å². The maximum absolute atomic E-state index is 12.7. The molecule has 0 radical (unpaired) electrons. The molecule has 0 fully saturated rings. The van der Waals surface area contributed by atoms with Crippen molar-refractivity contribution in [1.29, 1.82) is 0 Å². The first kappa shape index (κ1) is 19.6. The van der Waals surface area contributed by atoms with E-state index in [9.17, 15) is 9.59 Å². The Morgan fingerprint density at radius 1 is 0.929 bits per heavy atom. The quantitative estimate of drug-likeness (QED) is 0.550. The molecule has 2 atom stereocenters. The second-order valence-electron chi connectivity index (χ2n) is 6.47. The van der Waals surface area contributed by atoms with E-state index >= 15 is 0 Å². The summed E-state index contributed by atoms with van der Waals surface area (Å²) in [6.45, 7) is 4.15. The summed E-state index contributed by atoms with van der Waals surface area (Å²) in [5, 5.41) is 0. The highest BCUT2D eigenvalue weighted by Crippen LogP contribution is 2.43. The summed E-state index contributed by atoms with van der Waals surface area (Å²) in [6, 6.07) is 18.0. The van der Waals surface area contributed by atoms with Gasteiger partial charge in [-0.1, -0.05) is 60.7 Å². The predicted octanol–water partition coefficient (Wildman–Crippen LogP) is 4.51.